The third-order valence-corrected chi connectivity index (χ3v) is 5.25. The number of aromatic nitrogens is 2. The molecule has 2 amide bonds. The molecule has 0 unspecified atom stereocenters. The molecule has 6 heteroatoms. The molecule has 2 aromatic rings. The highest BCUT2D eigenvalue weighted by molar-refractivity contribution is 5.99. The molecular formula is C21H28N4O2. The highest BCUT2D eigenvalue weighted by Gasteiger charge is 2.23. The Morgan fingerprint density at radius 2 is 2.00 bits per heavy atom. The smallest absolute Gasteiger partial charge is 0.240 e. The molecule has 1 N–H and O–H groups in total. The van der Waals surface area contributed by atoms with Crippen LogP contribution in [0.1, 0.15) is 42.3 Å². The summed E-state index contributed by atoms with van der Waals surface area (Å²) in [6, 6.07) is 7.86. The van der Waals surface area contributed by atoms with Gasteiger partial charge in [0.25, 0.3) is 0 Å². The standard InChI is InChI=1S/C21H28N4O2/c1-4-25-16(3)18(15(2)23-25)12-13-22-20(26)14-24-19-10-6-5-8-17(19)9-7-11-21(24)27/h5-6,8,10H,4,7,9,11-14H2,1-3H3,(H,22,26). The zero-order valence-electron chi connectivity index (χ0n) is 16.4. The van der Waals surface area contributed by atoms with E-state index in [0.29, 0.717) is 13.0 Å². The lowest BCUT2D eigenvalue weighted by molar-refractivity contribution is -0.123. The van der Waals surface area contributed by atoms with Crippen LogP contribution in [0.3, 0.4) is 0 Å². The summed E-state index contributed by atoms with van der Waals surface area (Å²) < 4.78 is 1.99. The Morgan fingerprint density at radius 3 is 2.74 bits per heavy atom. The summed E-state index contributed by atoms with van der Waals surface area (Å²) in [6.07, 6.45) is 2.93. The molecule has 0 atom stereocenters. The molecule has 0 spiro atoms. The molecule has 2 heterocycles. The Kier molecular flexibility index (Phi) is 5.94. The largest absolute Gasteiger partial charge is 0.354 e. The van der Waals surface area contributed by atoms with Crippen LogP contribution in [0.2, 0.25) is 0 Å². The predicted octanol–water partition coefficient (Wildman–Crippen LogP) is 2.55. The normalized spacial score (nSPS) is 14.0. The van der Waals surface area contributed by atoms with E-state index in [4.69, 9.17) is 0 Å². The molecule has 0 radical (unpaired) electrons. The SMILES string of the molecule is CCn1nc(C)c(CCNC(=O)CN2C(=O)CCCc3ccccc32)c1C. The number of hydrogen-bond donors (Lipinski definition) is 1. The molecule has 0 fully saturated rings. The number of fused-ring (bicyclic) bond motifs is 1. The van der Waals surface area contributed by atoms with Crippen molar-refractivity contribution in [2.24, 2.45) is 0 Å². The van der Waals surface area contributed by atoms with Gasteiger partial charge in [-0.1, -0.05) is 18.2 Å². The van der Waals surface area contributed by atoms with E-state index >= 15 is 0 Å². The minimum absolute atomic E-state index is 0.0195. The molecule has 27 heavy (non-hydrogen) atoms. The van der Waals surface area contributed by atoms with Gasteiger partial charge in [0.05, 0.1) is 5.69 Å². The number of aryl methyl sites for hydroxylation is 3. The van der Waals surface area contributed by atoms with E-state index in [1.165, 1.54) is 5.56 Å². The Bertz CT molecular complexity index is 841. The Labute approximate surface area is 160 Å². The number of carbonyl (C=O) groups is 2. The highest BCUT2D eigenvalue weighted by Crippen LogP contribution is 2.26. The Morgan fingerprint density at radius 1 is 1.22 bits per heavy atom. The van der Waals surface area contributed by atoms with Crippen molar-refractivity contribution in [1.82, 2.24) is 15.1 Å². The van der Waals surface area contributed by atoms with Crippen LogP contribution >= 0.6 is 0 Å². The molecular weight excluding hydrogens is 340 g/mol. The number of nitrogens with one attached hydrogen (secondary N) is 1. The van der Waals surface area contributed by atoms with Gasteiger partial charge in [-0.05, 0) is 57.2 Å². The van der Waals surface area contributed by atoms with Gasteiger partial charge in [0, 0.05) is 30.9 Å². The van der Waals surface area contributed by atoms with Gasteiger partial charge in [0.15, 0.2) is 0 Å². The average Bonchev–Trinajstić information content (AvgIpc) is 2.83. The van der Waals surface area contributed by atoms with Crippen molar-refractivity contribution in [1.29, 1.82) is 0 Å². The fourth-order valence-corrected chi connectivity index (χ4v) is 3.79. The van der Waals surface area contributed by atoms with Crippen LogP contribution in [0.4, 0.5) is 5.69 Å². The molecule has 1 aliphatic heterocycles. The maximum absolute atomic E-state index is 12.5. The molecule has 1 aliphatic rings. The molecule has 6 nitrogen and oxygen atoms in total. The highest BCUT2D eigenvalue weighted by atomic mass is 16.2. The van der Waals surface area contributed by atoms with Gasteiger partial charge in [-0.2, -0.15) is 5.10 Å². The Balaban J connectivity index is 1.61. The topological polar surface area (TPSA) is 67.2 Å². The number of hydrogen-bond acceptors (Lipinski definition) is 3. The lowest BCUT2D eigenvalue weighted by Gasteiger charge is -2.22. The molecule has 1 aromatic heterocycles. The third kappa shape index (κ3) is 4.21. The van der Waals surface area contributed by atoms with Gasteiger partial charge in [-0.3, -0.25) is 14.3 Å². The molecule has 0 saturated heterocycles. The molecule has 0 bridgehead atoms. The second-order valence-corrected chi connectivity index (χ2v) is 7.03. The number of anilines is 1. The molecule has 1 aromatic carbocycles. The van der Waals surface area contributed by atoms with E-state index in [2.05, 4.69) is 24.3 Å². The van der Waals surface area contributed by atoms with Crippen molar-refractivity contribution in [3.63, 3.8) is 0 Å². The van der Waals surface area contributed by atoms with E-state index in [1.807, 2.05) is 35.9 Å². The van der Waals surface area contributed by atoms with Crippen molar-refractivity contribution in [3.8, 4) is 0 Å². The van der Waals surface area contributed by atoms with Gasteiger partial charge >= 0.3 is 0 Å². The van der Waals surface area contributed by atoms with Crippen LogP contribution in [0.15, 0.2) is 24.3 Å². The minimum atomic E-state index is -0.127. The van der Waals surface area contributed by atoms with Gasteiger partial charge in [-0.15, -0.1) is 0 Å². The number of rotatable bonds is 6. The number of para-hydroxylation sites is 1. The second-order valence-electron chi connectivity index (χ2n) is 7.03. The first-order valence-corrected chi connectivity index (χ1v) is 9.69. The maximum Gasteiger partial charge on any atom is 0.240 e. The molecule has 0 saturated carbocycles. The summed E-state index contributed by atoms with van der Waals surface area (Å²) in [5.74, 6) is -0.107. The fourth-order valence-electron chi connectivity index (χ4n) is 3.79. The van der Waals surface area contributed by atoms with E-state index in [-0.39, 0.29) is 18.4 Å². The first-order chi connectivity index (χ1) is 13.0. The van der Waals surface area contributed by atoms with Gasteiger partial charge in [0.1, 0.15) is 6.54 Å². The first kappa shape index (κ1) is 19.1. The summed E-state index contributed by atoms with van der Waals surface area (Å²) in [6.45, 7) is 7.59. The third-order valence-electron chi connectivity index (χ3n) is 5.25. The van der Waals surface area contributed by atoms with Crippen LogP contribution in [0, 0.1) is 13.8 Å². The first-order valence-electron chi connectivity index (χ1n) is 9.69. The summed E-state index contributed by atoms with van der Waals surface area (Å²) in [4.78, 5) is 26.6. The Hall–Kier alpha value is -2.63. The summed E-state index contributed by atoms with van der Waals surface area (Å²) in [5, 5.41) is 7.48. The maximum atomic E-state index is 12.5. The second kappa shape index (κ2) is 8.37. The summed E-state index contributed by atoms with van der Waals surface area (Å²) in [5.41, 5.74) is 5.36. The monoisotopic (exact) mass is 368 g/mol. The van der Waals surface area contributed by atoms with Gasteiger partial charge in [-0.25, -0.2) is 0 Å². The van der Waals surface area contributed by atoms with Gasteiger partial charge in [0.2, 0.25) is 11.8 Å². The van der Waals surface area contributed by atoms with Crippen LogP contribution in [0.5, 0.6) is 0 Å². The number of amides is 2. The predicted molar refractivity (Wildman–Crippen MR) is 106 cm³/mol. The number of nitrogens with zero attached hydrogens (tertiary/aromatic N) is 3. The van der Waals surface area contributed by atoms with E-state index in [1.54, 1.807) is 4.90 Å². The molecule has 144 valence electrons. The number of carbonyl (C=O) groups excluding carboxylic acids is 2. The van der Waals surface area contributed by atoms with E-state index in [9.17, 15) is 9.59 Å². The van der Waals surface area contributed by atoms with Crippen LogP contribution in [-0.2, 0) is 29.0 Å². The van der Waals surface area contributed by atoms with Crippen molar-refractivity contribution in [2.75, 3.05) is 18.0 Å². The lowest BCUT2D eigenvalue weighted by Crippen LogP contribution is -2.41. The van der Waals surface area contributed by atoms with Crippen LogP contribution < -0.4 is 10.2 Å². The molecule has 0 aliphatic carbocycles. The lowest BCUT2D eigenvalue weighted by atomic mass is 10.1. The van der Waals surface area contributed by atoms with E-state index < -0.39 is 0 Å². The zero-order chi connectivity index (χ0) is 19.4. The van der Waals surface area contributed by atoms with Crippen LogP contribution in [0.25, 0.3) is 0 Å². The summed E-state index contributed by atoms with van der Waals surface area (Å²) >= 11 is 0. The van der Waals surface area contributed by atoms with Crippen LogP contribution in [-0.4, -0.2) is 34.7 Å². The van der Waals surface area contributed by atoms with E-state index in [0.717, 1.165) is 48.4 Å². The van der Waals surface area contributed by atoms with Crippen molar-refractivity contribution in [3.05, 3.63) is 46.8 Å². The molecule has 3 rings (SSSR count). The van der Waals surface area contributed by atoms with Crippen molar-refractivity contribution >= 4 is 17.5 Å². The van der Waals surface area contributed by atoms with Crippen molar-refractivity contribution in [2.45, 2.75) is 53.0 Å². The quantitative estimate of drug-likeness (QED) is 0.852. The fraction of sp³-hybridized carbons (Fsp3) is 0.476. The van der Waals surface area contributed by atoms with Gasteiger partial charge < -0.3 is 10.2 Å². The number of benzene rings is 1. The van der Waals surface area contributed by atoms with Crippen molar-refractivity contribution < 1.29 is 9.59 Å². The average molecular weight is 368 g/mol. The zero-order valence-corrected chi connectivity index (χ0v) is 16.4. The summed E-state index contributed by atoms with van der Waals surface area (Å²) in [7, 11) is 0. The minimum Gasteiger partial charge on any atom is -0.354 e.